The molecule has 0 unspecified atom stereocenters. The number of benzene rings is 3. The lowest BCUT2D eigenvalue weighted by atomic mass is 9.94. The molecule has 1 aliphatic heterocycles. The Labute approximate surface area is 228 Å². The molecule has 39 heavy (non-hydrogen) atoms. The molecule has 1 fully saturated rings. The lowest BCUT2D eigenvalue weighted by molar-refractivity contribution is -0.139. The molecule has 0 aliphatic carbocycles. The molecule has 1 N–H and O–H groups in total. The predicted octanol–water partition coefficient (Wildman–Crippen LogP) is 5.59. The van der Waals surface area contributed by atoms with Gasteiger partial charge < -0.3 is 19.3 Å². The maximum absolute atomic E-state index is 13.3. The van der Waals surface area contributed by atoms with E-state index >= 15 is 0 Å². The third-order valence-electron chi connectivity index (χ3n) is 6.92. The van der Waals surface area contributed by atoms with Crippen LogP contribution in [0.25, 0.3) is 5.76 Å². The van der Waals surface area contributed by atoms with Crippen LogP contribution in [0.1, 0.15) is 40.3 Å². The predicted molar refractivity (Wildman–Crippen MR) is 149 cm³/mol. The van der Waals surface area contributed by atoms with Crippen LogP contribution in [-0.2, 0) is 22.7 Å². The number of carbonyl (C=O) groups excluding carboxylic acids is 2. The van der Waals surface area contributed by atoms with Crippen LogP contribution in [0.5, 0.6) is 5.75 Å². The molecule has 3 aromatic carbocycles. The third-order valence-corrected chi connectivity index (χ3v) is 6.92. The number of aliphatic hydroxyl groups excluding tert-OH is 1. The Kier molecular flexibility index (Phi) is 7.59. The monoisotopic (exact) mass is 521 g/mol. The van der Waals surface area contributed by atoms with Crippen LogP contribution in [0.2, 0.25) is 0 Å². The molecule has 0 spiro atoms. The van der Waals surface area contributed by atoms with Gasteiger partial charge in [-0.2, -0.15) is 0 Å². The van der Waals surface area contributed by atoms with Gasteiger partial charge in [-0.15, -0.1) is 0 Å². The van der Waals surface area contributed by atoms with E-state index in [1.165, 1.54) is 0 Å². The number of ketones is 1. The fourth-order valence-electron chi connectivity index (χ4n) is 4.88. The minimum Gasteiger partial charge on any atom is -0.507 e. The van der Waals surface area contributed by atoms with Gasteiger partial charge in [0.25, 0.3) is 11.7 Å². The summed E-state index contributed by atoms with van der Waals surface area (Å²) in [6.45, 7) is 5.46. The minimum atomic E-state index is -0.680. The van der Waals surface area contributed by atoms with Crippen molar-refractivity contribution in [3.05, 3.63) is 125 Å². The van der Waals surface area contributed by atoms with E-state index in [9.17, 15) is 14.7 Å². The van der Waals surface area contributed by atoms with E-state index in [4.69, 9.17) is 4.74 Å². The Bertz CT molecular complexity index is 1490. The molecular formula is C32H31N3O4. The van der Waals surface area contributed by atoms with Crippen molar-refractivity contribution in [1.82, 2.24) is 14.5 Å². The average molecular weight is 522 g/mol. The summed E-state index contributed by atoms with van der Waals surface area (Å²) < 4.78 is 7.84. The Hall–Kier alpha value is -4.65. The smallest absolute Gasteiger partial charge is 0.295 e. The van der Waals surface area contributed by atoms with Gasteiger partial charge in [-0.3, -0.25) is 9.59 Å². The van der Waals surface area contributed by atoms with Crippen LogP contribution in [0.15, 0.2) is 97.1 Å². The van der Waals surface area contributed by atoms with Crippen molar-refractivity contribution in [2.75, 3.05) is 6.54 Å². The number of likely N-dealkylation sites (tertiary alicyclic amines) is 1. The summed E-state index contributed by atoms with van der Waals surface area (Å²) >= 11 is 0. The minimum absolute atomic E-state index is 0.0971. The van der Waals surface area contributed by atoms with E-state index in [1.54, 1.807) is 41.7 Å². The van der Waals surface area contributed by atoms with E-state index in [0.29, 0.717) is 37.4 Å². The van der Waals surface area contributed by atoms with Crippen molar-refractivity contribution in [1.29, 1.82) is 0 Å². The number of amides is 1. The first kappa shape index (κ1) is 26.0. The van der Waals surface area contributed by atoms with Gasteiger partial charge in [-0.25, -0.2) is 4.98 Å². The Morgan fingerprint density at radius 3 is 2.41 bits per heavy atom. The third kappa shape index (κ3) is 5.77. The summed E-state index contributed by atoms with van der Waals surface area (Å²) in [5, 5.41) is 11.3. The van der Waals surface area contributed by atoms with Crippen LogP contribution < -0.4 is 4.74 Å². The molecule has 1 saturated heterocycles. The molecule has 7 nitrogen and oxygen atoms in total. The zero-order chi connectivity index (χ0) is 27.4. The standard InChI is InChI=1S/C32H31N3O4/c1-22-7-9-25(10-8-22)29-28(31(37)32(38)35(29)17-4-16-34-18-15-33-21-34)30(36)26-11-13-27(14-12-26)39-20-24-6-3-5-23(2)19-24/h3,5-15,18-19,21,29,36H,4,16-17,20H2,1-2H3/b30-28+/t29-/m0/s1. The number of ether oxygens (including phenoxy) is 1. The number of aromatic nitrogens is 2. The van der Waals surface area contributed by atoms with Crippen molar-refractivity contribution < 1.29 is 19.4 Å². The maximum atomic E-state index is 13.3. The summed E-state index contributed by atoms with van der Waals surface area (Å²) in [4.78, 5) is 32.1. The first-order chi connectivity index (χ1) is 18.9. The average Bonchev–Trinajstić information content (AvgIpc) is 3.55. The molecule has 1 amide bonds. The quantitative estimate of drug-likeness (QED) is 0.176. The van der Waals surface area contributed by atoms with E-state index < -0.39 is 17.7 Å². The van der Waals surface area contributed by atoms with Crippen LogP contribution in [0.4, 0.5) is 0 Å². The highest BCUT2D eigenvalue weighted by Gasteiger charge is 2.45. The number of carbonyl (C=O) groups is 2. The fourth-order valence-corrected chi connectivity index (χ4v) is 4.88. The number of nitrogens with zero attached hydrogens (tertiary/aromatic N) is 3. The van der Waals surface area contributed by atoms with Gasteiger partial charge in [0, 0.05) is 31.0 Å². The molecule has 1 atom stereocenters. The van der Waals surface area contributed by atoms with Gasteiger partial charge >= 0.3 is 0 Å². The van der Waals surface area contributed by atoms with Crippen LogP contribution in [-0.4, -0.2) is 37.8 Å². The van der Waals surface area contributed by atoms with Crippen molar-refractivity contribution in [2.24, 2.45) is 0 Å². The highest BCUT2D eigenvalue weighted by atomic mass is 16.5. The van der Waals surface area contributed by atoms with Gasteiger partial charge in [0.05, 0.1) is 17.9 Å². The number of imidazole rings is 1. The van der Waals surface area contributed by atoms with E-state index in [0.717, 1.165) is 22.3 Å². The van der Waals surface area contributed by atoms with Gasteiger partial charge in [0.15, 0.2) is 0 Å². The number of hydrogen-bond donors (Lipinski definition) is 1. The lowest BCUT2D eigenvalue weighted by Crippen LogP contribution is -2.31. The fraction of sp³-hybridized carbons (Fsp3) is 0.219. The van der Waals surface area contributed by atoms with Gasteiger partial charge in [0.1, 0.15) is 18.1 Å². The summed E-state index contributed by atoms with van der Waals surface area (Å²) in [6, 6.07) is 22.1. The number of rotatable bonds is 9. The lowest BCUT2D eigenvalue weighted by Gasteiger charge is -2.25. The Morgan fingerprint density at radius 1 is 0.949 bits per heavy atom. The maximum Gasteiger partial charge on any atom is 0.295 e. The van der Waals surface area contributed by atoms with Crippen molar-refractivity contribution in [3.63, 3.8) is 0 Å². The second-order valence-electron chi connectivity index (χ2n) is 9.86. The molecule has 198 valence electrons. The highest BCUT2D eigenvalue weighted by Crippen LogP contribution is 2.39. The van der Waals surface area contributed by atoms with Gasteiger partial charge in [-0.05, 0) is 55.7 Å². The highest BCUT2D eigenvalue weighted by molar-refractivity contribution is 6.46. The van der Waals surface area contributed by atoms with Crippen LogP contribution >= 0.6 is 0 Å². The van der Waals surface area contributed by atoms with Gasteiger partial charge in [0.2, 0.25) is 0 Å². The Morgan fingerprint density at radius 2 is 1.72 bits per heavy atom. The summed E-state index contributed by atoms with van der Waals surface area (Å²) in [6.07, 6.45) is 5.93. The van der Waals surface area contributed by atoms with E-state index in [2.05, 4.69) is 11.1 Å². The van der Waals surface area contributed by atoms with E-state index in [-0.39, 0.29) is 11.3 Å². The van der Waals surface area contributed by atoms with Crippen LogP contribution in [0.3, 0.4) is 0 Å². The molecular weight excluding hydrogens is 490 g/mol. The largest absolute Gasteiger partial charge is 0.507 e. The molecule has 1 aromatic heterocycles. The number of hydrogen-bond acceptors (Lipinski definition) is 5. The summed E-state index contributed by atoms with van der Waals surface area (Å²) in [5.74, 6) is -0.837. The SMILES string of the molecule is Cc1ccc([C@H]2/C(=C(\O)c3ccc(OCc4cccc(C)c4)cc3)C(=O)C(=O)N2CCCn2ccnc2)cc1. The van der Waals surface area contributed by atoms with Crippen molar-refractivity contribution >= 4 is 17.4 Å². The topological polar surface area (TPSA) is 84.7 Å². The molecule has 0 saturated carbocycles. The second kappa shape index (κ2) is 11.4. The first-order valence-electron chi connectivity index (χ1n) is 13.0. The zero-order valence-corrected chi connectivity index (χ0v) is 22.1. The van der Waals surface area contributed by atoms with E-state index in [1.807, 2.05) is 67.1 Å². The Balaban J connectivity index is 1.41. The second-order valence-corrected chi connectivity index (χ2v) is 9.86. The van der Waals surface area contributed by atoms with Crippen molar-refractivity contribution in [2.45, 2.75) is 39.5 Å². The van der Waals surface area contributed by atoms with Crippen LogP contribution in [0, 0.1) is 13.8 Å². The zero-order valence-electron chi connectivity index (χ0n) is 22.1. The molecule has 0 radical (unpaired) electrons. The number of aryl methyl sites for hydroxylation is 3. The summed E-state index contributed by atoms with van der Waals surface area (Å²) in [5.41, 5.74) is 4.62. The molecule has 1 aliphatic rings. The molecule has 5 rings (SSSR count). The molecule has 0 bridgehead atoms. The first-order valence-corrected chi connectivity index (χ1v) is 13.0. The summed E-state index contributed by atoms with van der Waals surface area (Å²) in [7, 11) is 0. The molecule has 7 heteroatoms. The molecule has 4 aromatic rings. The number of Topliss-reactive ketones (excluding diaryl/α,β-unsaturated/α-hetero) is 1. The van der Waals surface area contributed by atoms with Crippen molar-refractivity contribution in [3.8, 4) is 5.75 Å². The normalized spacial score (nSPS) is 16.6. The molecule has 2 heterocycles. The number of aliphatic hydroxyl groups is 1. The van der Waals surface area contributed by atoms with Gasteiger partial charge in [-0.1, -0.05) is 59.7 Å².